The van der Waals surface area contributed by atoms with E-state index in [1.54, 1.807) is 5.56 Å². The second-order valence-electron chi connectivity index (χ2n) is 29.3. The maximum atomic E-state index is 2.42. The summed E-state index contributed by atoms with van der Waals surface area (Å²) in [5.41, 5.74) is 27.9. The van der Waals surface area contributed by atoms with Crippen LogP contribution in [0, 0.1) is 33.1 Å². The molecule has 4 nitrogen and oxygen atoms in total. The molecule has 0 amide bonds. The number of hydrogen-bond donors (Lipinski definition) is 0. The van der Waals surface area contributed by atoms with Crippen molar-refractivity contribution in [1.82, 2.24) is 0 Å². The number of benzene rings is 4. The van der Waals surface area contributed by atoms with Gasteiger partial charge in [0.1, 0.15) is 28.2 Å². The van der Waals surface area contributed by atoms with Gasteiger partial charge in [-0.1, -0.05) is 172 Å². The number of aryl methyl sites for hydroxylation is 8. The molecule has 4 aromatic carbocycles. The molecule has 1 aliphatic rings. The van der Waals surface area contributed by atoms with Crippen LogP contribution in [0.3, 0.4) is 0 Å². The molecule has 0 spiro atoms. The van der Waals surface area contributed by atoms with Gasteiger partial charge >= 0.3 is 0 Å². The minimum Gasteiger partial charge on any atom is -0.201 e. The summed E-state index contributed by atoms with van der Waals surface area (Å²) in [5.74, 6) is 3.75. The summed E-state index contributed by atoms with van der Waals surface area (Å²) in [4.78, 5) is 0. The van der Waals surface area contributed by atoms with Crippen LogP contribution in [-0.4, -0.2) is 0 Å². The molecule has 0 saturated heterocycles. The molecule has 9 rings (SSSR count). The van der Waals surface area contributed by atoms with Crippen molar-refractivity contribution in [1.29, 1.82) is 0 Å². The highest BCUT2D eigenvalue weighted by molar-refractivity contribution is 5.65. The number of nitrogens with zero attached hydrogens (tertiary/aromatic N) is 4. The standard InChI is InChI=1S/C21H28N.2C21H30N.C20H28N/c1-15(2)19-10-12-21(22(4)14-19)20-11-9-18(13-16(20)3)17-7-5-6-8-17;1-15(2)18-9-11-20(22(7)14-18)19-10-8-17(12-16(19)3)13-21(4,5)6;1-7-17(8-2)18-9-11-20(16(5)13-18)21-12-10-19(15(3)4)14-22(21)6;1-14(2)16-8-11-19(21(7)13-16)18-10-9-17(12-15(18)3)20(4,5)6/h9-15,17H,5-8H2,1-4H3;8-12,14-15H,13H2,1-7H3;9-15,17H,7-8H2,1-6H3;8-14H,1-7H3/q4*+1. The number of hydrogen-bond acceptors (Lipinski definition) is 0. The van der Waals surface area contributed by atoms with Crippen LogP contribution in [0.2, 0.25) is 0 Å². The van der Waals surface area contributed by atoms with E-state index >= 15 is 0 Å². The highest BCUT2D eigenvalue weighted by Gasteiger charge is 2.23. The molecular weight excluding hydrogens is 1050 g/mol. The van der Waals surface area contributed by atoms with E-state index in [0.29, 0.717) is 35.0 Å². The van der Waals surface area contributed by atoms with Crippen molar-refractivity contribution in [2.45, 2.75) is 224 Å². The first-order valence-corrected chi connectivity index (χ1v) is 33.3. The van der Waals surface area contributed by atoms with Crippen LogP contribution in [0.4, 0.5) is 0 Å². The molecule has 4 aromatic heterocycles. The molecule has 0 aliphatic heterocycles. The van der Waals surface area contributed by atoms with E-state index in [2.05, 4.69) is 331 Å². The second-order valence-corrected chi connectivity index (χ2v) is 29.3. The smallest absolute Gasteiger partial charge is 0.201 e. The van der Waals surface area contributed by atoms with Gasteiger partial charge in [0.25, 0.3) is 0 Å². The Labute approximate surface area is 531 Å². The van der Waals surface area contributed by atoms with Gasteiger partial charge in [0.15, 0.2) is 24.8 Å². The van der Waals surface area contributed by atoms with E-state index in [9.17, 15) is 0 Å². The SMILES string of the molecule is CCC(CC)c1ccc(-c2ccc(C(C)C)c[n+]2C)c(C)c1.Cc1cc(C(C)(C)C)ccc1-c1ccc(C(C)C)c[n+]1C.Cc1cc(C2CCCC2)ccc1-c1ccc(C(C)C)c[n+]1C.Cc1cc(CC(C)(C)C)ccc1-c1ccc(C(C)C)c[n+]1C. The van der Waals surface area contributed by atoms with Gasteiger partial charge in [-0.25, -0.2) is 18.3 Å². The third-order valence-corrected chi connectivity index (χ3v) is 18.3. The maximum Gasteiger partial charge on any atom is 0.212 e. The van der Waals surface area contributed by atoms with Crippen molar-refractivity contribution >= 4 is 0 Å². The Morgan fingerprint density at radius 1 is 0.391 bits per heavy atom. The third kappa shape index (κ3) is 18.8. The molecule has 8 aromatic rings. The van der Waals surface area contributed by atoms with Crippen LogP contribution in [-0.2, 0) is 40.0 Å². The van der Waals surface area contributed by atoms with Crippen LogP contribution in [0.25, 0.3) is 45.0 Å². The zero-order valence-corrected chi connectivity index (χ0v) is 59.1. The summed E-state index contributed by atoms with van der Waals surface area (Å²) in [6.07, 6.45) is 18.1. The first-order valence-electron chi connectivity index (χ1n) is 33.3. The number of aromatic nitrogens is 4. The van der Waals surface area contributed by atoms with Crippen LogP contribution in [0.1, 0.15) is 252 Å². The molecule has 0 atom stereocenters. The van der Waals surface area contributed by atoms with Crippen molar-refractivity contribution in [3.05, 3.63) is 213 Å². The van der Waals surface area contributed by atoms with Crippen molar-refractivity contribution in [3.8, 4) is 45.0 Å². The van der Waals surface area contributed by atoms with Crippen LogP contribution in [0.5, 0.6) is 0 Å². The van der Waals surface area contributed by atoms with E-state index in [0.717, 1.165) is 12.3 Å². The zero-order valence-electron chi connectivity index (χ0n) is 59.1. The van der Waals surface area contributed by atoms with E-state index in [1.807, 2.05) is 0 Å². The fraction of sp³-hybridized carbons (Fsp3) is 0.470. The molecule has 0 radical (unpaired) electrons. The summed E-state index contributed by atoms with van der Waals surface area (Å²) in [5, 5.41) is 0. The fourth-order valence-corrected chi connectivity index (χ4v) is 12.6. The lowest BCUT2D eigenvalue weighted by molar-refractivity contribution is -0.661. The second kappa shape index (κ2) is 30.6. The van der Waals surface area contributed by atoms with Crippen LogP contribution < -0.4 is 18.3 Å². The molecule has 1 aliphatic carbocycles. The third-order valence-electron chi connectivity index (χ3n) is 18.3. The normalized spacial score (nSPS) is 12.8. The van der Waals surface area contributed by atoms with Gasteiger partial charge in [0.2, 0.25) is 22.8 Å². The topological polar surface area (TPSA) is 15.5 Å². The molecule has 4 heteroatoms. The Hall–Kier alpha value is -6.52. The lowest BCUT2D eigenvalue weighted by atomic mass is 9.85. The van der Waals surface area contributed by atoms with Crippen LogP contribution >= 0.6 is 0 Å². The van der Waals surface area contributed by atoms with Gasteiger partial charge in [-0.05, 0) is 199 Å². The molecular formula is C83H116N4+4. The Bertz CT molecular complexity index is 3440. The summed E-state index contributed by atoms with van der Waals surface area (Å²) >= 11 is 0. The minimum atomic E-state index is 0.201. The van der Waals surface area contributed by atoms with Crippen molar-refractivity contribution < 1.29 is 18.3 Å². The van der Waals surface area contributed by atoms with E-state index in [1.165, 1.54) is 145 Å². The van der Waals surface area contributed by atoms with Gasteiger partial charge in [-0.15, -0.1) is 0 Å². The molecule has 0 unspecified atom stereocenters. The van der Waals surface area contributed by atoms with E-state index in [4.69, 9.17) is 0 Å². The predicted octanol–water partition coefficient (Wildman–Crippen LogP) is 20.9. The monoisotopic (exact) mass is 1170 g/mol. The molecule has 87 heavy (non-hydrogen) atoms. The van der Waals surface area contributed by atoms with Gasteiger partial charge in [-0.2, -0.15) is 0 Å². The highest BCUT2D eigenvalue weighted by Crippen LogP contribution is 2.37. The van der Waals surface area contributed by atoms with Crippen LogP contribution in [0.15, 0.2) is 146 Å². The predicted molar refractivity (Wildman–Crippen MR) is 374 cm³/mol. The van der Waals surface area contributed by atoms with E-state index < -0.39 is 0 Å². The molecule has 464 valence electrons. The van der Waals surface area contributed by atoms with Gasteiger partial charge in [0, 0.05) is 68.8 Å². The lowest BCUT2D eigenvalue weighted by Crippen LogP contribution is -2.31. The maximum absolute atomic E-state index is 2.42. The molecule has 1 saturated carbocycles. The fourth-order valence-electron chi connectivity index (χ4n) is 12.6. The van der Waals surface area contributed by atoms with Crippen molar-refractivity contribution in [3.63, 3.8) is 0 Å². The Balaban J connectivity index is 0.000000185. The lowest BCUT2D eigenvalue weighted by Gasteiger charge is -2.20. The summed E-state index contributed by atoms with van der Waals surface area (Å²) in [6.45, 7) is 45.1. The first-order chi connectivity index (χ1) is 40.9. The summed E-state index contributed by atoms with van der Waals surface area (Å²) in [7, 11) is 8.59. The molecule has 1 fully saturated rings. The molecule has 0 bridgehead atoms. The zero-order chi connectivity index (χ0) is 64.2. The Morgan fingerprint density at radius 3 is 1.03 bits per heavy atom. The first kappa shape index (κ1) is 69.6. The van der Waals surface area contributed by atoms with Crippen molar-refractivity contribution in [2.24, 2.45) is 33.6 Å². The summed E-state index contributed by atoms with van der Waals surface area (Å²) < 4.78 is 9.02. The quantitative estimate of drug-likeness (QED) is 0.102. The average Bonchev–Trinajstić information content (AvgIpc) is 1.90. The largest absolute Gasteiger partial charge is 0.212 e. The Kier molecular flexibility index (Phi) is 24.5. The van der Waals surface area contributed by atoms with Crippen molar-refractivity contribution in [2.75, 3.05) is 0 Å². The average molecular weight is 1170 g/mol. The van der Waals surface area contributed by atoms with Gasteiger partial charge < -0.3 is 0 Å². The summed E-state index contributed by atoms with van der Waals surface area (Å²) in [6, 6.07) is 45.9. The van der Waals surface area contributed by atoms with E-state index in [-0.39, 0.29) is 5.41 Å². The highest BCUT2D eigenvalue weighted by atomic mass is 14.9. The minimum absolute atomic E-state index is 0.201. The molecule has 0 N–H and O–H groups in total. The number of pyridine rings is 4. The molecule has 4 heterocycles. The van der Waals surface area contributed by atoms with Gasteiger partial charge in [-0.3, -0.25) is 0 Å². The van der Waals surface area contributed by atoms with Gasteiger partial charge in [0.05, 0.1) is 0 Å². The number of rotatable bonds is 13. The Morgan fingerprint density at radius 2 is 0.724 bits per heavy atom.